The first-order valence-electron chi connectivity index (χ1n) is 29.4. The first-order valence-corrected chi connectivity index (χ1v) is 29.4. The molecule has 0 atom stereocenters. The summed E-state index contributed by atoms with van der Waals surface area (Å²) in [5.41, 5.74) is 9.62. The topological polar surface area (TPSA) is 122 Å². The molecule has 0 aliphatic carbocycles. The molecule has 438 valence electrons. The Morgan fingerprint density at radius 2 is 0.425 bits per heavy atom. The lowest BCUT2D eigenvalue weighted by atomic mass is 9.78. The van der Waals surface area contributed by atoms with Gasteiger partial charge in [0, 0.05) is 37.3 Å². The maximum Gasteiger partial charge on any atom is 0.253 e. The largest absolute Gasteiger partial charge is 0.507 e. The van der Waals surface area contributed by atoms with E-state index in [1.165, 1.54) is 0 Å². The molecule has 0 fully saturated rings. The van der Waals surface area contributed by atoms with Gasteiger partial charge in [0.2, 0.25) is 0 Å². The zero-order valence-electron chi connectivity index (χ0n) is 54.1. The second kappa shape index (κ2) is 23.2. The van der Waals surface area contributed by atoms with E-state index in [9.17, 15) is 20.4 Å². The van der Waals surface area contributed by atoms with E-state index in [1.54, 1.807) is 24.3 Å². The number of carbonyl (C=O) groups excluding carboxylic acids is 2. The molecule has 0 saturated heterocycles. The van der Waals surface area contributed by atoms with E-state index in [4.69, 9.17) is 0 Å². The van der Waals surface area contributed by atoms with Crippen molar-refractivity contribution < 1.29 is 30.0 Å². The quantitative estimate of drug-likeness (QED) is 0.0879. The van der Waals surface area contributed by atoms with Crippen LogP contribution in [-0.4, -0.2) is 68.2 Å². The van der Waals surface area contributed by atoms with Crippen molar-refractivity contribution in [2.45, 2.75) is 235 Å². The molecule has 4 N–H and O–H groups in total. The second-order valence-corrected chi connectivity index (χ2v) is 31.3. The normalized spacial score (nSPS) is 13.2. The molecule has 8 nitrogen and oxygen atoms in total. The zero-order chi connectivity index (χ0) is 60.8. The Morgan fingerprint density at radius 3 is 0.550 bits per heavy atom. The van der Waals surface area contributed by atoms with Crippen LogP contribution in [0.1, 0.15) is 254 Å². The molecule has 0 bridgehead atoms. The predicted molar refractivity (Wildman–Crippen MR) is 335 cm³/mol. The highest BCUT2D eigenvalue weighted by atomic mass is 16.3. The van der Waals surface area contributed by atoms with Crippen LogP contribution in [0.25, 0.3) is 0 Å². The highest BCUT2D eigenvalue weighted by Gasteiger charge is 2.32. The minimum absolute atomic E-state index is 0.147. The van der Waals surface area contributed by atoms with Crippen molar-refractivity contribution in [3.05, 3.63) is 151 Å². The first kappa shape index (κ1) is 65.1. The van der Waals surface area contributed by atoms with E-state index in [0.717, 1.165) is 66.8 Å². The third-order valence-electron chi connectivity index (χ3n) is 15.8. The van der Waals surface area contributed by atoms with Crippen molar-refractivity contribution in [1.82, 2.24) is 9.80 Å². The molecule has 0 aliphatic rings. The Morgan fingerprint density at radius 1 is 0.287 bits per heavy atom. The van der Waals surface area contributed by atoms with Gasteiger partial charge in [-0.25, -0.2) is 0 Å². The fourth-order valence-electron chi connectivity index (χ4n) is 10.7. The molecular formula is C72H104N2O6. The molecule has 0 heterocycles. The van der Waals surface area contributed by atoms with Gasteiger partial charge in [-0.1, -0.05) is 215 Å². The molecule has 0 radical (unpaired) electrons. The maximum atomic E-state index is 15.1. The van der Waals surface area contributed by atoms with Crippen molar-refractivity contribution in [2.24, 2.45) is 0 Å². The van der Waals surface area contributed by atoms with Gasteiger partial charge in [-0.3, -0.25) is 9.59 Å². The summed E-state index contributed by atoms with van der Waals surface area (Å²) >= 11 is 0. The summed E-state index contributed by atoms with van der Waals surface area (Å²) in [6.45, 7) is 52.3. The van der Waals surface area contributed by atoms with Crippen LogP contribution in [-0.2, 0) is 69.0 Å². The van der Waals surface area contributed by atoms with Crippen LogP contribution in [0.2, 0.25) is 0 Å². The predicted octanol–water partition coefficient (Wildman–Crippen LogP) is 16.7. The number of phenolic OH excluding ortho intramolecular Hbond substituents is 4. The van der Waals surface area contributed by atoms with E-state index < -0.39 is 0 Å². The Balaban J connectivity index is 1.57. The van der Waals surface area contributed by atoms with E-state index >= 15 is 9.59 Å². The summed E-state index contributed by atoms with van der Waals surface area (Å²) in [4.78, 5) is 34.0. The maximum absolute atomic E-state index is 15.1. The number of nitrogens with zero attached hydrogens (tertiary/aromatic N) is 2. The van der Waals surface area contributed by atoms with Crippen LogP contribution >= 0.6 is 0 Å². The Labute approximate surface area is 484 Å². The SMILES string of the molecule is CC(C)(C)c1cc(CCN(CCc2cc(C(C)(C)C)c(O)c(C(C)(C)C)c2)C(=O)c2ccc(C(=O)N(CCc3cc(C(C)(C)C)c(O)c(C(C)(C)C)c3)CCc3cc(C(C)(C)C)c(O)c(C(C)(C)C)c3)cc2)cc(C(C)(C)C)c1O. The van der Waals surface area contributed by atoms with Gasteiger partial charge in [-0.05, 0) is 160 Å². The lowest BCUT2D eigenvalue weighted by molar-refractivity contribution is 0.0747. The third kappa shape index (κ3) is 15.8. The molecule has 5 aromatic carbocycles. The van der Waals surface area contributed by atoms with E-state index in [2.05, 4.69) is 215 Å². The number of amides is 2. The number of carbonyl (C=O) groups is 2. The smallest absolute Gasteiger partial charge is 0.253 e. The summed E-state index contributed by atoms with van der Waals surface area (Å²) in [5, 5.41) is 46.3. The molecule has 8 heteroatoms. The lowest BCUT2D eigenvalue weighted by Gasteiger charge is -2.30. The summed E-state index contributed by atoms with van der Waals surface area (Å²) in [6, 6.07) is 23.9. The summed E-state index contributed by atoms with van der Waals surface area (Å²) in [7, 11) is 0. The summed E-state index contributed by atoms with van der Waals surface area (Å²) < 4.78 is 0. The van der Waals surface area contributed by atoms with Gasteiger partial charge in [0.25, 0.3) is 11.8 Å². The Bertz CT molecular complexity index is 2510. The number of hydrogen-bond acceptors (Lipinski definition) is 6. The van der Waals surface area contributed by atoms with Crippen molar-refractivity contribution in [3.8, 4) is 23.0 Å². The number of rotatable bonds is 14. The van der Waals surface area contributed by atoms with E-state index in [0.29, 0.717) is 86.0 Å². The first-order chi connectivity index (χ1) is 36.2. The van der Waals surface area contributed by atoms with Gasteiger partial charge in [-0.15, -0.1) is 0 Å². The van der Waals surface area contributed by atoms with Gasteiger partial charge in [-0.2, -0.15) is 0 Å². The Kier molecular flexibility index (Phi) is 18.9. The molecule has 5 rings (SSSR count). The van der Waals surface area contributed by atoms with Crippen LogP contribution in [0.15, 0.2) is 72.8 Å². The van der Waals surface area contributed by atoms with Gasteiger partial charge >= 0.3 is 0 Å². The Hall–Kier alpha value is -5.76. The number of aromatic hydroxyl groups is 4. The van der Waals surface area contributed by atoms with Gasteiger partial charge < -0.3 is 30.2 Å². The highest BCUT2D eigenvalue weighted by Crippen LogP contribution is 2.44. The summed E-state index contributed by atoms with van der Waals surface area (Å²) in [6.07, 6.45) is 2.24. The average Bonchev–Trinajstić information content (AvgIpc) is 3.29. The van der Waals surface area contributed by atoms with E-state index in [1.807, 2.05) is 9.80 Å². The van der Waals surface area contributed by atoms with Crippen molar-refractivity contribution in [2.75, 3.05) is 26.2 Å². The standard InChI is InChI=1S/C72H104N2O6/c1-65(2,3)51-37-45(38-52(59(51)75)66(4,5)6)29-33-73(34-30-46-39-53(67(7,8)9)60(76)54(40-46)68(10,11)12)63(79)49-25-27-50(28-26-49)64(80)74(35-31-47-41-55(69(13,14)15)61(77)56(42-47)70(16,17)18)36-32-48-43-57(71(19,20)21)62(78)58(44-48)72(22,23)24/h25-28,37-44,75-78H,29-36H2,1-24H3. The number of hydrogen-bond donors (Lipinski definition) is 4. The zero-order valence-corrected chi connectivity index (χ0v) is 54.1. The number of phenols is 4. The lowest BCUT2D eigenvalue weighted by Crippen LogP contribution is -2.36. The van der Waals surface area contributed by atoms with E-state index in [-0.39, 0.29) is 55.1 Å². The fourth-order valence-corrected chi connectivity index (χ4v) is 10.7. The molecule has 5 aromatic rings. The summed E-state index contributed by atoms with van der Waals surface area (Å²) in [5.74, 6) is 0.986. The van der Waals surface area contributed by atoms with Gasteiger partial charge in [0.05, 0.1) is 0 Å². The minimum Gasteiger partial charge on any atom is -0.507 e. The van der Waals surface area contributed by atoms with Crippen LogP contribution in [0.3, 0.4) is 0 Å². The van der Waals surface area contributed by atoms with Crippen molar-refractivity contribution in [3.63, 3.8) is 0 Å². The van der Waals surface area contributed by atoms with Crippen LogP contribution in [0.4, 0.5) is 0 Å². The highest BCUT2D eigenvalue weighted by molar-refractivity contribution is 5.98. The monoisotopic (exact) mass is 1090 g/mol. The van der Waals surface area contributed by atoms with Crippen molar-refractivity contribution in [1.29, 1.82) is 0 Å². The van der Waals surface area contributed by atoms with Crippen LogP contribution < -0.4 is 0 Å². The molecule has 0 spiro atoms. The van der Waals surface area contributed by atoms with Crippen molar-refractivity contribution >= 4 is 11.8 Å². The van der Waals surface area contributed by atoms with Gasteiger partial charge in [0.1, 0.15) is 23.0 Å². The average molecular weight is 1090 g/mol. The van der Waals surface area contributed by atoms with Crippen LogP contribution in [0, 0.1) is 0 Å². The fraction of sp³-hybridized carbons (Fsp3) is 0.556. The van der Waals surface area contributed by atoms with Gasteiger partial charge in [0.15, 0.2) is 0 Å². The number of benzene rings is 5. The molecule has 0 saturated carbocycles. The minimum atomic E-state index is -0.313. The molecular weight excluding hydrogens is 989 g/mol. The molecule has 0 aromatic heterocycles. The molecule has 80 heavy (non-hydrogen) atoms. The third-order valence-corrected chi connectivity index (χ3v) is 15.8. The molecule has 0 aliphatic heterocycles. The second-order valence-electron chi connectivity index (χ2n) is 31.3. The molecule has 0 unspecified atom stereocenters. The molecule has 2 amide bonds. The van der Waals surface area contributed by atoms with Crippen LogP contribution in [0.5, 0.6) is 23.0 Å².